The van der Waals surface area contributed by atoms with E-state index in [0.717, 1.165) is 16.5 Å². The number of aliphatic carboxylic acids is 1. The van der Waals surface area contributed by atoms with Gasteiger partial charge >= 0.3 is 5.97 Å². The van der Waals surface area contributed by atoms with Gasteiger partial charge in [-0.05, 0) is 37.6 Å². The number of ether oxygens (including phenoxy) is 1. The lowest BCUT2D eigenvalue weighted by Crippen LogP contribution is -2.34. The highest BCUT2D eigenvalue weighted by atomic mass is 16.5. The molecule has 1 heterocycles. The molecule has 0 saturated carbocycles. The number of nitriles is 1. The zero-order valence-corrected chi connectivity index (χ0v) is 14.6. The van der Waals surface area contributed by atoms with Gasteiger partial charge in [0.25, 0.3) is 0 Å². The van der Waals surface area contributed by atoms with Gasteiger partial charge in [0.2, 0.25) is 0 Å². The van der Waals surface area contributed by atoms with Gasteiger partial charge in [0, 0.05) is 5.39 Å². The van der Waals surface area contributed by atoms with Crippen molar-refractivity contribution in [3.8, 4) is 6.07 Å². The van der Waals surface area contributed by atoms with E-state index < -0.39 is 11.6 Å². The molecule has 0 aliphatic heterocycles. The quantitative estimate of drug-likeness (QED) is 0.737. The first kappa shape index (κ1) is 17.6. The summed E-state index contributed by atoms with van der Waals surface area (Å²) >= 11 is 0. The molecule has 3 aromatic rings. The third kappa shape index (κ3) is 3.58. The maximum absolute atomic E-state index is 11.2. The monoisotopic (exact) mass is 349 g/mol. The first-order valence-corrected chi connectivity index (χ1v) is 8.21. The molecule has 0 atom stereocenters. The predicted octanol–water partition coefficient (Wildman–Crippen LogP) is 3.34. The predicted molar refractivity (Wildman–Crippen MR) is 96.5 cm³/mol. The number of hydrogen-bond acceptors (Lipinski definition) is 4. The second kappa shape index (κ2) is 6.98. The Labute approximate surface area is 151 Å². The number of hydrogen-bond donors (Lipinski definition) is 1. The van der Waals surface area contributed by atoms with Gasteiger partial charge in [-0.3, -0.25) is 4.68 Å². The molecule has 0 aliphatic carbocycles. The van der Waals surface area contributed by atoms with Crippen LogP contribution in [0.2, 0.25) is 0 Å². The van der Waals surface area contributed by atoms with Crippen LogP contribution < -0.4 is 0 Å². The first-order chi connectivity index (χ1) is 12.4. The Bertz CT molecular complexity index is 985. The summed E-state index contributed by atoms with van der Waals surface area (Å²) in [6.45, 7) is 3.64. The molecule has 6 heteroatoms. The van der Waals surface area contributed by atoms with Crippen molar-refractivity contribution >= 4 is 16.9 Å². The van der Waals surface area contributed by atoms with Gasteiger partial charge in [-0.25, -0.2) is 4.79 Å². The molecule has 0 amide bonds. The maximum Gasteiger partial charge on any atom is 0.335 e. The average molecular weight is 349 g/mol. The molecule has 26 heavy (non-hydrogen) atoms. The number of carboxylic acid groups (broad SMARTS) is 1. The van der Waals surface area contributed by atoms with Crippen LogP contribution in [-0.4, -0.2) is 26.5 Å². The second-order valence-corrected chi connectivity index (χ2v) is 6.54. The van der Waals surface area contributed by atoms with Gasteiger partial charge in [0.1, 0.15) is 0 Å². The second-order valence-electron chi connectivity index (χ2n) is 6.54. The summed E-state index contributed by atoms with van der Waals surface area (Å²) in [5.41, 5.74) is 1.79. The molecule has 0 aliphatic rings. The Balaban J connectivity index is 1.99. The smallest absolute Gasteiger partial charge is 0.335 e. The lowest BCUT2D eigenvalue weighted by molar-refractivity contribution is -0.162. The fourth-order valence-corrected chi connectivity index (χ4v) is 2.61. The SMILES string of the molecule is CC(C)(OCc1nn(Cc2ccccc2)c2cc(C#N)ccc12)C(=O)O. The van der Waals surface area contributed by atoms with E-state index in [1.807, 2.05) is 41.1 Å². The normalized spacial score (nSPS) is 11.4. The van der Waals surface area contributed by atoms with Crippen LogP contribution in [0.4, 0.5) is 0 Å². The third-order valence-electron chi connectivity index (χ3n) is 4.22. The molecule has 2 aromatic carbocycles. The molecule has 6 nitrogen and oxygen atoms in total. The molecule has 1 aromatic heterocycles. The summed E-state index contributed by atoms with van der Waals surface area (Å²) in [6.07, 6.45) is 0. The van der Waals surface area contributed by atoms with E-state index in [0.29, 0.717) is 17.8 Å². The Morgan fingerprint density at radius 2 is 2.00 bits per heavy atom. The van der Waals surface area contributed by atoms with Crippen LogP contribution in [-0.2, 0) is 22.7 Å². The fraction of sp³-hybridized carbons (Fsp3) is 0.250. The molecular weight excluding hydrogens is 330 g/mol. The van der Waals surface area contributed by atoms with Gasteiger partial charge in [-0.1, -0.05) is 30.3 Å². The summed E-state index contributed by atoms with van der Waals surface area (Å²) in [6, 6.07) is 17.4. The summed E-state index contributed by atoms with van der Waals surface area (Å²) in [5, 5.41) is 23.9. The van der Waals surface area contributed by atoms with Crippen molar-refractivity contribution < 1.29 is 14.6 Å². The first-order valence-electron chi connectivity index (χ1n) is 8.21. The van der Waals surface area contributed by atoms with E-state index >= 15 is 0 Å². The van der Waals surface area contributed by atoms with E-state index in [1.165, 1.54) is 13.8 Å². The molecule has 1 N–H and O–H groups in total. The molecule has 0 spiro atoms. The number of benzene rings is 2. The largest absolute Gasteiger partial charge is 0.479 e. The zero-order valence-electron chi connectivity index (χ0n) is 14.6. The Kier molecular flexibility index (Phi) is 4.74. The van der Waals surface area contributed by atoms with Crippen LogP contribution >= 0.6 is 0 Å². The van der Waals surface area contributed by atoms with E-state index in [9.17, 15) is 15.2 Å². The Morgan fingerprint density at radius 3 is 2.65 bits per heavy atom. The van der Waals surface area contributed by atoms with Crippen molar-refractivity contribution in [2.75, 3.05) is 0 Å². The fourth-order valence-electron chi connectivity index (χ4n) is 2.61. The molecule has 132 valence electrons. The van der Waals surface area contributed by atoms with Crippen LogP contribution in [0, 0.1) is 11.3 Å². The summed E-state index contributed by atoms with van der Waals surface area (Å²) in [4.78, 5) is 11.2. The summed E-state index contributed by atoms with van der Waals surface area (Å²) in [5.74, 6) is -1.03. The number of nitrogens with zero attached hydrogens (tertiary/aromatic N) is 3. The van der Waals surface area contributed by atoms with Crippen molar-refractivity contribution in [2.24, 2.45) is 0 Å². The minimum atomic E-state index is -1.30. The lowest BCUT2D eigenvalue weighted by atomic mass is 10.1. The Morgan fingerprint density at radius 1 is 1.27 bits per heavy atom. The van der Waals surface area contributed by atoms with Gasteiger partial charge in [-0.2, -0.15) is 10.4 Å². The molecule has 0 unspecified atom stereocenters. The van der Waals surface area contributed by atoms with Gasteiger partial charge in [0.05, 0.1) is 36.0 Å². The number of carbonyl (C=O) groups is 1. The van der Waals surface area contributed by atoms with E-state index in [1.54, 1.807) is 12.1 Å². The standard InChI is InChI=1S/C20H19N3O3/c1-20(2,19(24)25)26-13-17-16-9-8-15(11-21)10-18(16)23(22-17)12-14-6-4-3-5-7-14/h3-10H,12-13H2,1-2H3,(H,24,25). The molecule has 3 rings (SSSR count). The van der Waals surface area contributed by atoms with Gasteiger partial charge in [0.15, 0.2) is 5.60 Å². The molecule has 0 radical (unpaired) electrons. The number of rotatable bonds is 6. The highest BCUT2D eigenvalue weighted by Crippen LogP contribution is 2.23. The third-order valence-corrected chi connectivity index (χ3v) is 4.22. The van der Waals surface area contributed by atoms with Gasteiger partial charge < -0.3 is 9.84 Å². The zero-order chi connectivity index (χ0) is 18.7. The molecule has 0 fully saturated rings. The molecule has 0 bridgehead atoms. The number of carboxylic acids is 1. The molecular formula is C20H19N3O3. The maximum atomic E-state index is 11.2. The minimum absolute atomic E-state index is 0.0729. The van der Waals surface area contributed by atoms with Crippen molar-refractivity contribution in [3.05, 3.63) is 65.4 Å². The topological polar surface area (TPSA) is 88.1 Å². The number of fused-ring (bicyclic) bond motifs is 1. The minimum Gasteiger partial charge on any atom is -0.479 e. The highest BCUT2D eigenvalue weighted by molar-refractivity contribution is 5.83. The van der Waals surface area contributed by atoms with Crippen LogP contribution in [0.1, 0.15) is 30.7 Å². The van der Waals surface area contributed by atoms with Crippen LogP contribution in [0.5, 0.6) is 0 Å². The van der Waals surface area contributed by atoms with E-state index in [4.69, 9.17) is 4.74 Å². The van der Waals surface area contributed by atoms with E-state index in [2.05, 4.69) is 11.2 Å². The van der Waals surface area contributed by atoms with Crippen LogP contribution in [0.25, 0.3) is 10.9 Å². The average Bonchev–Trinajstić information content (AvgIpc) is 2.97. The summed E-state index contributed by atoms with van der Waals surface area (Å²) in [7, 11) is 0. The van der Waals surface area contributed by atoms with Crippen molar-refractivity contribution in [1.82, 2.24) is 9.78 Å². The number of aromatic nitrogens is 2. The van der Waals surface area contributed by atoms with Crippen LogP contribution in [0.3, 0.4) is 0 Å². The van der Waals surface area contributed by atoms with Crippen molar-refractivity contribution in [1.29, 1.82) is 5.26 Å². The Hall–Kier alpha value is -3.17. The lowest BCUT2D eigenvalue weighted by Gasteiger charge is -2.19. The summed E-state index contributed by atoms with van der Waals surface area (Å²) < 4.78 is 7.38. The van der Waals surface area contributed by atoms with Crippen molar-refractivity contribution in [2.45, 2.75) is 32.6 Å². The molecule has 0 saturated heterocycles. The van der Waals surface area contributed by atoms with E-state index in [-0.39, 0.29) is 6.61 Å². The van der Waals surface area contributed by atoms with Gasteiger partial charge in [-0.15, -0.1) is 0 Å². The highest BCUT2D eigenvalue weighted by Gasteiger charge is 2.28. The van der Waals surface area contributed by atoms with Crippen molar-refractivity contribution in [3.63, 3.8) is 0 Å². The van der Waals surface area contributed by atoms with Crippen LogP contribution in [0.15, 0.2) is 48.5 Å².